The molecule has 4 heterocycles. The summed E-state index contributed by atoms with van der Waals surface area (Å²) in [5, 5.41) is 3.65. The lowest BCUT2D eigenvalue weighted by Crippen LogP contribution is -2.55. The lowest BCUT2D eigenvalue weighted by molar-refractivity contribution is 0.0711. The van der Waals surface area contributed by atoms with Gasteiger partial charge in [0.05, 0.1) is 6.54 Å². The molecule has 1 aromatic carbocycles. The van der Waals surface area contributed by atoms with Crippen molar-refractivity contribution in [2.75, 3.05) is 19.6 Å². The summed E-state index contributed by atoms with van der Waals surface area (Å²) < 4.78 is 18.8. The Bertz CT molecular complexity index is 639. The van der Waals surface area contributed by atoms with Gasteiger partial charge in [0.2, 0.25) is 0 Å². The molecule has 5 rings (SSSR count). The lowest BCUT2D eigenvalue weighted by atomic mass is 9.84. The summed E-state index contributed by atoms with van der Waals surface area (Å²) >= 11 is 0. The molecule has 3 aliphatic rings. The fourth-order valence-electron chi connectivity index (χ4n) is 3.67. The van der Waals surface area contributed by atoms with E-state index in [4.69, 9.17) is 4.42 Å². The minimum Gasteiger partial charge on any atom is -0.460 e. The Balaban J connectivity index is 0.00000104. The van der Waals surface area contributed by atoms with E-state index in [2.05, 4.69) is 10.2 Å². The van der Waals surface area contributed by atoms with Crippen LogP contribution in [0.3, 0.4) is 0 Å². The smallest absolute Gasteiger partial charge is 0.134 e. The molecule has 2 aromatic rings. The predicted molar refractivity (Wildman–Crippen MR) is 98.4 cm³/mol. The molecule has 1 aromatic heterocycles. The molecule has 0 spiro atoms. The summed E-state index contributed by atoms with van der Waals surface area (Å²) in [6.07, 6.45) is 2.63. The molecule has 0 amide bonds. The largest absolute Gasteiger partial charge is 0.460 e. The van der Waals surface area contributed by atoms with Crippen molar-refractivity contribution in [3.05, 3.63) is 48.0 Å². The highest BCUT2D eigenvalue weighted by molar-refractivity contribution is 5.85. The van der Waals surface area contributed by atoms with E-state index >= 15 is 0 Å². The lowest BCUT2D eigenvalue weighted by Gasteiger charge is -2.45. The van der Waals surface area contributed by atoms with Crippen LogP contribution in [0.2, 0.25) is 0 Å². The van der Waals surface area contributed by atoms with Crippen LogP contribution in [-0.4, -0.2) is 30.6 Å². The zero-order valence-corrected chi connectivity index (χ0v) is 15.0. The van der Waals surface area contributed by atoms with Crippen molar-refractivity contribution in [1.82, 2.24) is 10.2 Å². The SMILES string of the molecule is Cl.Cl.Fc1ccc(-c2ccc(CNC3CN4CCC3CC4)o2)cc1. The maximum Gasteiger partial charge on any atom is 0.134 e. The molecule has 0 radical (unpaired) electrons. The van der Waals surface area contributed by atoms with Gasteiger partial charge in [0.25, 0.3) is 0 Å². The summed E-state index contributed by atoms with van der Waals surface area (Å²) in [6.45, 7) is 4.45. The van der Waals surface area contributed by atoms with Gasteiger partial charge >= 0.3 is 0 Å². The first kappa shape index (κ1) is 19.3. The highest BCUT2D eigenvalue weighted by atomic mass is 35.5. The van der Waals surface area contributed by atoms with Gasteiger partial charge in [-0.25, -0.2) is 4.39 Å². The van der Waals surface area contributed by atoms with Crippen LogP contribution in [0.25, 0.3) is 11.3 Å². The van der Waals surface area contributed by atoms with Crippen molar-refractivity contribution in [2.24, 2.45) is 5.92 Å². The van der Waals surface area contributed by atoms with E-state index in [0.29, 0.717) is 6.04 Å². The van der Waals surface area contributed by atoms with Crippen molar-refractivity contribution < 1.29 is 8.81 Å². The summed E-state index contributed by atoms with van der Waals surface area (Å²) in [6, 6.07) is 11.0. The molecule has 1 unspecified atom stereocenters. The fraction of sp³-hybridized carbons (Fsp3) is 0.444. The molecule has 1 atom stereocenters. The second-order valence-corrected chi connectivity index (χ2v) is 6.40. The van der Waals surface area contributed by atoms with E-state index in [9.17, 15) is 4.39 Å². The Morgan fingerprint density at radius 3 is 2.38 bits per heavy atom. The Hall–Kier alpha value is -1.07. The van der Waals surface area contributed by atoms with Gasteiger partial charge in [0.1, 0.15) is 17.3 Å². The number of benzene rings is 1. The zero-order valence-electron chi connectivity index (χ0n) is 13.4. The summed E-state index contributed by atoms with van der Waals surface area (Å²) in [4.78, 5) is 2.55. The Morgan fingerprint density at radius 1 is 1.04 bits per heavy atom. The predicted octanol–water partition coefficient (Wildman–Crippen LogP) is 4.11. The van der Waals surface area contributed by atoms with Gasteiger partial charge in [-0.05, 0) is 68.2 Å². The average molecular weight is 373 g/mol. The first-order valence-electron chi connectivity index (χ1n) is 8.08. The van der Waals surface area contributed by atoms with Crippen LogP contribution in [0.1, 0.15) is 18.6 Å². The summed E-state index contributed by atoms with van der Waals surface area (Å²) in [7, 11) is 0. The van der Waals surface area contributed by atoms with Crippen LogP contribution >= 0.6 is 24.8 Å². The molecule has 0 aliphatic carbocycles. The maximum atomic E-state index is 13.0. The number of rotatable bonds is 4. The topological polar surface area (TPSA) is 28.4 Å². The Labute approximate surface area is 154 Å². The minimum absolute atomic E-state index is 0. The quantitative estimate of drug-likeness (QED) is 0.874. The molecule has 3 aliphatic heterocycles. The van der Waals surface area contributed by atoms with Gasteiger partial charge in [-0.15, -0.1) is 24.8 Å². The van der Waals surface area contributed by atoms with Gasteiger partial charge in [-0.2, -0.15) is 0 Å². The summed E-state index contributed by atoms with van der Waals surface area (Å²) in [5.41, 5.74) is 0.912. The van der Waals surface area contributed by atoms with E-state index in [-0.39, 0.29) is 30.6 Å². The van der Waals surface area contributed by atoms with E-state index in [0.717, 1.165) is 36.1 Å². The van der Waals surface area contributed by atoms with E-state index < -0.39 is 0 Å². The number of hydrogen-bond acceptors (Lipinski definition) is 3. The zero-order chi connectivity index (χ0) is 14.9. The number of fused-ring (bicyclic) bond motifs is 3. The molecule has 3 nitrogen and oxygen atoms in total. The van der Waals surface area contributed by atoms with Crippen LogP contribution in [0.5, 0.6) is 0 Å². The molecule has 132 valence electrons. The van der Waals surface area contributed by atoms with Crippen LogP contribution in [-0.2, 0) is 6.54 Å². The standard InChI is InChI=1S/C18H21FN2O.2ClH/c19-15-3-1-14(2-4-15)18-6-5-16(22-18)11-20-17-12-21-9-7-13(17)8-10-21;;/h1-6,13,17,20H,7-12H2;2*1H. The number of nitrogens with zero attached hydrogens (tertiary/aromatic N) is 1. The van der Waals surface area contributed by atoms with Crippen LogP contribution in [0, 0.1) is 11.7 Å². The molecule has 6 heteroatoms. The molecule has 0 saturated carbocycles. The van der Waals surface area contributed by atoms with E-state index in [1.807, 2.05) is 12.1 Å². The molecule has 1 N–H and O–H groups in total. The molecule has 3 saturated heterocycles. The third kappa shape index (κ3) is 4.12. The molecule has 2 bridgehead atoms. The molecular weight excluding hydrogens is 350 g/mol. The second-order valence-electron chi connectivity index (χ2n) is 6.40. The van der Waals surface area contributed by atoms with Crippen LogP contribution in [0.4, 0.5) is 4.39 Å². The van der Waals surface area contributed by atoms with Crippen molar-refractivity contribution in [3.63, 3.8) is 0 Å². The molecule has 3 fully saturated rings. The number of hydrogen-bond donors (Lipinski definition) is 1. The third-order valence-corrected chi connectivity index (χ3v) is 4.99. The van der Waals surface area contributed by atoms with Crippen molar-refractivity contribution in [3.8, 4) is 11.3 Å². The highest BCUT2D eigenvalue weighted by Crippen LogP contribution is 2.28. The number of nitrogens with one attached hydrogen (secondary N) is 1. The minimum atomic E-state index is -0.223. The van der Waals surface area contributed by atoms with Crippen LogP contribution in [0.15, 0.2) is 40.8 Å². The van der Waals surface area contributed by atoms with E-state index in [1.54, 1.807) is 12.1 Å². The van der Waals surface area contributed by atoms with Gasteiger partial charge in [-0.1, -0.05) is 0 Å². The van der Waals surface area contributed by atoms with Crippen molar-refractivity contribution in [2.45, 2.75) is 25.4 Å². The summed E-state index contributed by atoms with van der Waals surface area (Å²) in [5.74, 6) is 2.33. The number of furan rings is 1. The normalized spacial score (nSPS) is 25.0. The maximum absolute atomic E-state index is 13.0. The van der Waals surface area contributed by atoms with Crippen molar-refractivity contribution in [1.29, 1.82) is 0 Å². The van der Waals surface area contributed by atoms with Crippen LogP contribution < -0.4 is 5.32 Å². The number of piperidine rings is 3. The fourth-order valence-corrected chi connectivity index (χ4v) is 3.67. The average Bonchev–Trinajstić information content (AvgIpc) is 3.04. The number of halogens is 3. The first-order valence-corrected chi connectivity index (χ1v) is 8.08. The first-order chi connectivity index (χ1) is 10.8. The van der Waals surface area contributed by atoms with Gasteiger partial charge < -0.3 is 14.6 Å². The second kappa shape index (κ2) is 8.34. The van der Waals surface area contributed by atoms with Crippen molar-refractivity contribution >= 4 is 24.8 Å². The van der Waals surface area contributed by atoms with Gasteiger partial charge in [0.15, 0.2) is 0 Å². The van der Waals surface area contributed by atoms with Gasteiger partial charge in [-0.3, -0.25) is 0 Å². The van der Waals surface area contributed by atoms with E-state index in [1.165, 1.54) is 38.1 Å². The third-order valence-electron chi connectivity index (χ3n) is 4.99. The Morgan fingerprint density at radius 2 is 1.75 bits per heavy atom. The van der Waals surface area contributed by atoms with Gasteiger partial charge in [0, 0.05) is 18.2 Å². The monoisotopic (exact) mass is 372 g/mol. The Kier molecular flexibility index (Phi) is 6.70. The highest BCUT2D eigenvalue weighted by Gasteiger charge is 2.33. The molecular formula is C18H23Cl2FN2O. The molecule has 24 heavy (non-hydrogen) atoms.